The highest BCUT2D eigenvalue weighted by Crippen LogP contribution is 2.22. The summed E-state index contributed by atoms with van der Waals surface area (Å²) in [6.45, 7) is 0. The molecule has 2 aromatic carbocycles. The molecule has 0 spiro atoms. The molecule has 1 fully saturated rings. The molecule has 1 saturated carbocycles. The van der Waals surface area contributed by atoms with Gasteiger partial charge in [0.2, 0.25) is 0 Å². The summed E-state index contributed by atoms with van der Waals surface area (Å²) in [5.41, 5.74) is 0.627. The lowest BCUT2D eigenvalue weighted by atomic mass is 9.95. The lowest BCUT2D eigenvalue weighted by Gasteiger charge is -2.26. The van der Waals surface area contributed by atoms with E-state index < -0.39 is 0 Å². The molecule has 0 atom stereocenters. The Kier molecular flexibility index (Phi) is 4.92. The molecule has 0 amide bonds. The van der Waals surface area contributed by atoms with Crippen LogP contribution in [0.2, 0.25) is 0 Å². The van der Waals surface area contributed by atoms with Crippen molar-refractivity contribution in [3.63, 3.8) is 0 Å². The number of aromatic nitrogens is 2. The van der Waals surface area contributed by atoms with Crippen LogP contribution in [-0.2, 0) is 0 Å². The summed E-state index contributed by atoms with van der Waals surface area (Å²) in [6, 6.07) is 20.3. The van der Waals surface area contributed by atoms with Crippen molar-refractivity contribution in [3.8, 4) is 11.4 Å². The van der Waals surface area contributed by atoms with Crippen LogP contribution in [0.25, 0.3) is 11.4 Å². The monoisotopic (exact) mass is 361 g/mol. The molecule has 1 aliphatic carbocycles. The highest BCUT2D eigenvalue weighted by atomic mass is 16.2. The Labute approximate surface area is 157 Å². The van der Waals surface area contributed by atoms with Crippen LogP contribution in [0.4, 0.5) is 5.82 Å². The van der Waals surface area contributed by atoms with Gasteiger partial charge in [0.15, 0.2) is 0 Å². The lowest BCUT2D eigenvalue weighted by molar-refractivity contribution is 0.460. The molecular weight excluding hydrogens is 338 g/mol. The maximum atomic E-state index is 13.3. The Morgan fingerprint density at radius 1 is 0.741 bits per heavy atom. The molecule has 0 unspecified atom stereocenters. The summed E-state index contributed by atoms with van der Waals surface area (Å²) < 4.78 is 2.82. The molecule has 5 nitrogen and oxygen atoms in total. The number of benzene rings is 2. The quantitative estimate of drug-likeness (QED) is 0.770. The van der Waals surface area contributed by atoms with E-state index >= 15 is 0 Å². The fraction of sp³-hybridized carbons (Fsp3) is 0.273. The van der Waals surface area contributed by atoms with E-state index in [-0.39, 0.29) is 11.2 Å². The SMILES string of the molecule is O=c1cc(NC2CCCCC2)n(-c2ccccc2)c(=O)n1-c1ccccc1. The van der Waals surface area contributed by atoms with Gasteiger partial charge < -0.3 is 5.32 Å². The highest BCUT2D eigenvalue weighted by molar-refractivity contribution is 5.47. The van der Waals surface area contributed by atoms with Gasteiger partial charge in [-0.05, 0) is 37.1 Å². The molecule has 1 heterocycles. The Hall–Kier alpha value is -3.08. The second-order valence-corrected chi connectivity index (χ2v) is 6.97. The van der Waals surface area contributed by atoms with Crippen LogP contribution in [0.5, 0.6) is 0 Å². The Bertz CT molecular complexity index is 1020. The smallest absolute Gasteiger partial charge is 0.341 e. The lowest BCUT2D eigenvalue weighted by Crippen LogP contribution is -2.40. The van der Waals surface area contributed by atoms with Crippen molar-refractivity contribution < 1.29 is 0 Å². The maximum Gasteiger partial charge on any atom is 0.341 e. The fourth-order valence-corrected chi connectivity index (χ4v) is 3.75. The molecule has 0 radical (unpaired) electrons. The molecule has 0 saturated heterocycles. The van der Waals surface area contributed by atoms with Gasteiger partial charge in [0.1, 0.15) is 5.82 Å². The molecular formula is C22H23N3O2. The van der Waals surface area contributed by atoms with Gasteiger partial charge in [-0.1, -0.05) is 55.7 Å². The predicted octanol–water partition coefficient (Wildman–Crippen LogP) is 3.73. The molecule has 5 heteroatoms. The van der Waals surface area contributed by atoms with Gasteiger partial charge in [0.05, 0.1) is 11.4 Å². The van der Waals surface area contributed by atoms with Crippen molar-refractivity contribution in [1.29, 1.82) is 0 Å². The van der Waals surface area contributed by atoms with Crippen LogP contribution >= 0.6 is 0 Å². The number of para-hydroxylation sites is 2. The third-order valence-corrected chi connectivity index (χ3v) is 5.09. The van der Waals surface area contributed by atoms with Crippen molar-refractivity contribution in [2.24, 2.45) is 0 Å². The first kappa shape index (κ1) is 17.3. The Morgan fingerprint density at radius 2 is 1.30 bits per heavy atom. The van der Waals surface area contributed by atoms with E-state index in [4.69, 9.17) is 0 Å². The molecule has 0 bridgehead atoms. The molecule has 1 aromatic heterocycles. The van der Waals surface area contributed by atoms with Gasteiger partial charge in [0.25, 0.3) is 5.56 Å². The van der Waals surface area contributed by atoms with E-state index in [1.807, 2.05) is 48.5 Å². The normalized spacial score (nSPS) is 14.8. The van der Waals surface area contributed by atoms with Crippen LogP contribution in [-0.4, -0.2) is 15.2 Å². The zero-order valence-electron chi connectivity index (χ0n) is 15.2. The Morgan fingerprint density at radius 3 is 1.89 bits per heavy atom. The van der Waals surface area contributed by atoms with E-state index in [1.54, 1.807) is 16.7 Å². The number of hydrogen-bond acceptors (Lipinski definition) is 3. The maximum absolute atomic E-state index is 13.3. The average Bonchev–Trinajstić information content (AvgIpc) is 2.70. The first-order valence-corrected chi connectivity index (χ1v) is 9.50. The summed E-state index contributed by atoms with van der Waals surface area (Å²) in [5.74, 6) is 0.565. The van der Waals surface area contributed by atoms with Gasteiger partial charge in [-0.15, -0.1) is 0 Å². The van der Waals surface area contributed by atoms with Crippen molar-refractivity contribution in [2.75, 3.05) is 5.32 Å². The molecule has 138 valence electrons. The molecule has 1 N–H and O–H groups in total. The zero-order chi connectivity index (χ0) is 18.6. The summed E-state index contributed by atoms with van der Waals surface area (Å²) >= 11 is 0. The van der Waals surface area contributed by atoms with E-state index in [2.05, 4.69) is 5.32 Å². The van der Waals surface area contributed by atoms with Gasteiger partial charge in [-0.3, -0.25) is 4.79 Å². The van der Waals surface area contributed by atoms with Crippen molar-refractivity contribution in [3.05, 3.63) is 87.6 Å². The van der Waals surface area contributed by atoms with E-state index in [1.165, 1.54) is 29.9 Å². The van der Waals surface area contributed by atoms with Crippen molar-refractivity contribution in [2.45, 2.75) is 38.1 Å². The van der Waals surface area contributed by atoms with Gasteiger partial charge >= 0.3 is 5.69 Å². The number of rotatable bonds is 4. The minimum absolute atomic E-state index is 0.292. The highest BCUT2D eigenvalue weighted by Gasteiger charge is 2.18. The molecule has 4 rings (SSSR count). The van der Waals surface area contributed by atoms with E-state index in [9.17, 15) is 9.59 Å². The van der Waals surface area contributed by atoms with Crippen molar-refractivity contribution >= 4 is 5.82 Å². The summed E-state index contributed by atoms with van der Waals surface area (Å²) in [6.07, 6.45) is 5.72. The minimum Gasteiger partial charge on any atom is -0.368 e. The van der Waals surface area contributed by atoms with Crippen LogP contribution < -0.4 is 16.6 Å². The summed E-state index contributed by atoms with van der Waals surface area (Å²) in [4.78, 5) is 26.1. The van der Waals surface area contributed by atoms with E-state index in [0.717, 1.165) is 18.5 Å². The standard InChI is InChI=1S/C22H23N3O2/c26-21-16-20(23-17-10-4-1-5-11-17)24(18-12-6-2-7-13-18)22(27)25(21)19-14-8-3-9-15-19/h2-3,6-9,12-17,23H,1,4-5,10-11H2. The number of nitrogens with zero attached hydrogens (tertiary/aromatic N) is 2. The average molecular weight is 361 g/mol. The molecule has 27 heavy (non-hydrogen) atoms. The first-order valence-electron chi connectivity index (χ1n) is 9.50. The van der Waals surface area contributed by atoms with Crippen LogP contribution in [0.3, 0.4) is 0 Å². The van der Waals surface area contributed by atoms with Crippen LogP contribution in [0.1, 0.15) is 32.1 Å². The summed E-state index contributed by atoms with van der Waals surface area (Å²) in [5, 5.41) is 3.46. The topological polar surface area (TPSA) is 56.0 Å². The third-order valence-electron chi connectivity index (χ3n) is 5.09. The largest absolute Gasteiger partial charge is 0.368 e. The number of hydrogen-bond donors (Lipinski definition) is 1. The number of nitrogens with one attached hydrogen (secondary N) is 1. The van der Waals surface area contributed by atoms with Crippen molar-refractivity contribution in [1.82, 2.24) is 9.13 Å². The van der Waals surface area contributed by atoms with Gasteiger partial charge in [0, 0.05) is 12.1 Å². The third kappa shape index (κ3) is 3.58. The van der Waals surface area contributed by atoms with Gasteiger partial charge in [-0.25, -0.2) is 13.9 Å². The molecule has 0 aliphatic heterocycles. The van der Waals surface area contributed by atoms with Crippen LogP contribution in [0, 0.1) is 0 Å². The Balaban J connectivity index is 1.88. The second-order valence-electron chi connectivity index (χ2n) is 6.97. The summed E-state index contributed by atoms with van der Waals surface area (Å²) in [7, 11) is 0. The predicted molar refractivity (Wildman–Crippen MR) is 108 cm³/mol. The minimum atomic E-state index is -0.363. The molecule has 1 aliphatic rings. The van der Waals surface area contributed by atoms with Crippen LogP contribution in [0.15, 0.2) is 76.3 Å². The van der Waals surface area contributed by atoms with E-state index in [0.29, 0.717) is 17.5 Å². The zero-order valence-corrected chi connectivity index (χ0v) is 15.2. The first-order chi connectivity index (χ1) is 13.2. The fourth-order valence-electron chi connectivity index (χ4n) is 3.75. The van der Waals surface area contributed by atoms with Gasteiger partial charge in [-0.2, -0.15) is 0 Å². The second kappa shape index (κ2) is 7.66. The molecule has 3 aromatic rings. The number of anilines is 1.